The van der Waals surface area contributed by atoms with Gasteiger partial charge in [-0.05, 0) is 37.1 Å². The Morgan fingerprint density at radius 1 is 0.958 bits per heavy atom. The fourth-order valence-corrected chi connectivity index (χ4v) is 2.11. The molecule has 2 rings (SSSR count). The minimum absolute atomic E-state index is 0.0989. The molecule has 6 heteroatoms. The molecule has 24 heavy (non-hydrogen) atoms. The molecule has 4 N–H and O–H groups in total. The predicted octanol–water partition coefficient (Wildman–Crippen LogP) is 3.26. The number of rotatable bonds is 8. The van der Waals surface area contributed by atoms with Gasteiger partial charge in [0.05, 0.1) is 5.69 Å². The fourth-order valence-electron chi connectivity index (χ4n) is 2.11. The van der Waals surface area contributed by atoms with Gasteiger partial charge in [0, 0.05) is 13.0 Å². The van der Waals surface area contributed by atoms with Crippen LogP contribution >= 0.6 is 0 Å². The van der Waals surface area contributed by atoms with E-state index < -0.39 is 6.03 Å². The van der Waals surface area contributed by atoms with Crippen LogP contribution in [-0.4, -0.2) is 18.5 Å². The van der Waals surface area contributed by atoms with E-state index in [4.69, 9.17) is 10.5 Å². The maximum atomic E-state index is 12.0. The van der Waals surface area contributed by atoms with Gasteiger partial charge in [0.1, 0.15) is 5.75 Å². The topological polar surface area (TPSA) is 93.5 Å². The van der Waals surface area contributed by atoms with E-state index in [0.29, 0.717) is 43.0 Å². The van der Waals surface area contributed by atoms with Crippen molar-refractivity contribution in [3.63, 3.8) is 0 Å². The van der Waals surface area contributed by atoms with Gasteiger partial charge in [-0.1, -0.05) is 30.3 Å². The normalized spacial score (nSPS) is 10.0. The van der Waals surface area contributed by atoms with Crippen molar-refractivity contribution in [2.45, 2.75) is 19.3 Å². The number of primary amides is 1. The second-order valence-corrected chi connectivity index (χ2v) is 5.21. The van der Waals surface area contributed by atoms with Crippen LogP contribution in [0.4, 0.5) is 10.5 Å². The zero-order valence-electron chi connectivity index (χ0n) is 13.3. The molecule has 0 aromatic heterocycles. The monoisotopic (exact) mass is 327 g/mol. The number of amides is 3. The zero-order chi connectivity index (χ0) is 17.2. The van der Waals surface area contributed by atoms with E-state index in [1.165, 1.54) is 0 Å². The van der Waals surface area contributed by atoms with Crippen LogP contribution in [0.15, 0.2) is 54.6 Å². The highest BCUT2D eigenvalue weighted by molar-refractivity contribution is 5.92. The second-order valence-electron chi connectivity index (χ2n) is 5.21. The number of carbonyl (C=O) groups is 2. The quantitative estimate of drug-likeness (QED) is 0.650. The Kier molecular flexibility index (Phi) is 6.64. The SMILES string of the molecule is NC(=O)NCCCCC(=O)Nc1ccccc1Oc1ccccc1. The molecular weight excluding hydrogens is 306 g/mol. The average molecular weight is 327 g/mol. The Bertz CT molecular complexity index is 674. The summed E-state index contributed by atoms with van der Waals surface area (Å²) in [6.45, 7) is 0.469. The molecule has 0 aliphatic rings. The number of ether oxygens (including phenoxy) is 1. The van der Waals surface area contributed by atoms with Crippen molar-refractivity contribution in [3.8, 4) is 11.5 Å². The van der Waals surface area contributed by atoms with Gasteiger partial charge in [0.25, 0.3) is 0 Å². The van der Waals surface area contributed by atoms with E-state index in [1.807, 2.05) is 42.5 Å². The first-order chi connectivity index (χ1) is 11.6. The highest BCUT2D eigenvalue weighted by Gasteiger charge is 2.08. The molecule has 0 aliphatic carbocycles. The summed E-state index contributed by atoms with van der Waals surface area (Å²) in [6, 6.07) is 16.1. The molecule has 0 saturated heterocycles. The Morgan fingerprint density at radius 3 is 2.42 bits per heavy atom. The number of hydrogen-bond donors (Lipinski definition) is 3. The van der Waals surface area contributed by atoms with Crippen molar-refractivity contribution >= 4 is 17.6 Å². The van der Waals surface area contributed by atoms with Crippen LogP contribution in [0, 0.1) is 0 Å². The summed E-state index contributed by atoms with van der Waals surface area (Å²) >= 11 is 0. The molecule has 2 aromatic carbocycles. The highest BCUT2D eigenvalue weighted by Crippen LogP contribution is 2.29. The maximum Gasteiger partial charge on any atom is 0.312 e. The van der Waals surface area contributed by atoms with Gasteiger partial charge in [0.15, 0.2) is 5.75 Å². The highest BCUT2D eigenvalue weighted by atomic mass is 16.5. The third kappa shape index (κ3) is 6.00. The molecule has 0 unspecified atom stereocenters. The van der Waals surface area contributed by atoms with E-state index in [2.05, 4.69) is 10.6 Å². The van der Waals surface area contributed by atoms with Gasteiger partial charge in [-0.25, -0.2) is 4.79 Å². The van der Waals surface area contributed by atoms with Gasteiger partial charge >= 0.3 is 6.03 Å². The van der Waals surface area contributed by atoms with Crippen molar-refractivity contribution < 1.29 is 14.3 Å². The molecule has 0 aliphatic heterocycles. The summed E-state index contributed by atoms with van der Waals surface area (Å²) in [4.78, 5) is 22.6. The van der Waals surface area contributed by atoms with E-state index in [-0.39, 0.29) is 5.91 Å². The second kappa shape index (κ2) is 9.19. The van der Waals surface area contributed by atoms with Crippen molar-refractivity contribution in [1.29, 1.82) is 0 Å². The molecule has 0 fully saturated rings. The Labute approximate surface area is 141 Å². The van der Waals surface area contributed by atoms with Crippen molar-refractivity contribution in [2.75, 3.05) is 11.9 Å². The van der Waals surface area contributed by atoms with Crippen molar-refractivity contribution in [3.05, 3.63) is 54.6 Å². The number of urea groups is 1. The summed E-state index contributed by atoms with van der Waals surface area (Å²) in [5, 5.41) is 5.35. The van der Waals surface area contributed by atoms with E-state index in [0.717, 1.165) is 0 Å². The summed E-state index contributed by atoms with van der Waals surface area (Å²) in [5.74, 6) is 1.20. The smallest absolute Gasteiger partial charge is 0.312 e. The van der Waals surface area contributed by atoms with Crippen molar-refractivity contribution in [2.24, 2.45) is 5.73 Å². The summed E-state index contributed by atoms with van der Waals surface area (Å²) in [7, 11) is 0. The first-order valence-electron chi connectivity index (χ1n) is 7.80. The minimum Gasteiger partial charge on any atom is -0.455 e. The van der Waals surface area contributed by atoms with Gasteiger partial charge in [-0.2, -0.15) is 0 Å². The Balaban J connectivity index is 1.85. The van der Waals surface area contributed by atoms with Crippen LogP contribution in [0.3, 0.4) is 0 Å². The number of hydrogen-bond acceptors (Lipinski definition) is 3. The molecule has 0 heterocycles. The summed E-state index contributed by atoms with van der Waals surface area (Å²) in [5.41, 5.74) is 5.60. The molecule has 0 bridgehead atoms. The minimum atomic E-state index is -0.550. The molecular formula is C18H21N3O3. The predicted molar refractivity (Wildman–Crippen MR) is 93.0 cm³/mol. The third-order valence-corrected chi connectivity index (χ3v) is 3.26. The standard InChI is InChI=1S/C18H21N3O3/c19-18(23)20-13-7-6-12-17(22)21-15-10-4-5-11-16(15)24-14-8-2-1-3-9-14/h1-5,8-11H,6-7,12-13H2,(H,21,22)(H3,19,20,23). The lowest BCUT2D eigenvalue weighted by atomic mass is 10.2. The molecule has 0 saturated carbocycles. The lowest BCUT2D eigenvalue weighted by Gasteiger charge is -2.12. The number of unbranched alkanes of at least 4 members (excludes halogenated alkanes) is 1. The number of anilines is 1. The zero-order valence-corrected chi connectivity index (χ0v) is 13.3. The molecule has 0 atom stereocenters. The number of benzene rings is 2. The number of nitrogens with two attached hydrogens (primary N) is 1. The van der Waals surface area contributed by atoms with E-state index in [9.17, 15) is 9.59 Å². The van der Waals surface area contributed by atoms with Crippen LogP contribution in [0.1, 0.15) is 19.3 Å². The lowest BCUT2D eigenvalue weighted by Crippen LogP contribution is -2.30. The van der Waals surface area contributed by atoms with Gasteiger partial charge in [-0.15, -0.1) is 0 Å². The fraction of sp³-hybridized carbons (Fsp3) is 0.222. The number of para-hydroxylation sites is 3. The first kappa shape index (κ1) is 17.3. The first-order valence-corrected chi connectivity index (χ1v) is 7.80. The number of carbonyl (C=O) groups excluding carboxylic acids is 2. The molecule has 2 aromatic rings. The molecule has 0 radical (unpaired) electrons. The van der Waals surface area contributed by atoms with E-state index in [1.54, 1.807) is 12.1 Å². The van der Waals surface area contributed by atoms with Crippen LogP contribution in [0.5, 0.6) is 11.5 Å². The maximum absolute atomic E-state index is 12.0. The van der Waals surface area contributed by atoms with Crippen molar-refractivity contribution in [1.82, 2.24) is 5.32 Å². The van der Waals surface area contributed by atoms with Crippen LogP contribution < -0.4 is 21.1 Å². The van der Waals surface area contributed by atoms with Gasteiger partial charge in [0.2, 0.25) is 5.91 Å². The van der Waals surface area contributed by atoms with Crippen LogP contribution in [0.25, 0.3) is 0 Å². The van der Waals surface area contributed by atoms with Crippen LogP contribution in [0.2, 0.25) is 0 Å². The molecule has 0 spiro atoms. The Morgan fingerprint density at radius 2 is 1.67 bits per heavy atom. The van der Waals surface area contributed by atoms with Gasteiger partial charge < -0.3 is 21.1 Å². The molecule has 126 valence electrons. The average Bonchev–Trinajstić information content (AvgIpc) is 2.57. The lowest BCUT2D eigenvalue weighted by molar-refractivity contribution is -0.116. The van der Waals surface area contributed by atoms with Gasteiger partial charge in [-0.3, -0.25) is 4.79 Å². The number of nitrogens with one attached hydrogen (secondary N) is 2. The largest absolute Gasteiger partial charge is 0.455 e. The van der Waals surface area contributed by atoms with Crippen LogP contribution in [-0.2, 0) is 4.79 Å². The summed E-state index contributed by atoms with van der Waals surface area (Å²) in [6.07, 6.45) is 1.71. The molecule has 6 nitrogen and oxygen atoms in total. The third-order valence-electron chi connectivity index (χ3n) is 3.26. The Hall–Kier alpha value is -3.02. The summed E-state index contributed by atoms with van der Waals surface area (Å²) < 4.78 is 5.80. The molecule has 3 amide bonds. The van der Waals surface area contributed by atoms with E-state index >= 15 is 0 Å².